The van der Waals surface area contributed by atoms with Gasteiger partial charge in [0.15, 0.2) is 0 Å². The lowest BCUT2D eigenvalue weighted by molar-refractivity contribution is -0.122. The normalized spacial score (nSPS) is 21.2. The molecule has 0 spiro atoms. The highest BCUT2D eigenvalue weighted by Crippen LogP contribution is 2.20. The Hall–Kier alpha value is -0.570. The van der Waals surface area contributed by atoms with E-state index in [9.17, 15) is 4.79 Å². The van der Waals surface area contributed by atoms with Crippen molar-refractivity contribution in [3.8, 4) is 0 Å². The molecule has 0 atom stereocenters. The molecule has 0 saturated carbocycles. The van der Waals surface area contributed by atoms with Crippen molar-refractivity contribution in [1.29, 1.82) is 0 Å². The molecule has 0 aromatic carbocycles. The average molecular weight is 184 g/mol. The summed E-state index contributed by atoms with van der Waals surface area (Å²) in [6.07, 6.45) is 4.65. The molecule has 0 bridgehead atoms. The van der Waals surface area contributed by atoms with Crippen LogP contribution in [0.25, 0.3) is 0 Å². The first-order chi connectivity index (χ1) is 6.22. The van der Waals surface area contributed by atoms with Crippen LogP contribution in [0.5, 0.6) is 0 Å². The Morgan fingerprint density at radius 3 is 2.31 bits per heavy atom. The SMILES string of the molecule is CCCC1(CCC)CNC(=O)CN1. The molecule has 0 aromatic rings. The van der Waals surface area contributed by atoms with E-state index in [1.54, 1.807) is 0 Å². The van der Waals surface area contributed by atoms with E-state index in [0.717, 1.165) is 19.4 Å². The maximum Gasteiger partial charge on any atom is 0.234 e. The Kier molecular flexibility index (Phi) is 3.72. The van der Waals surface area contributed by atoms with Gasteiger partial charge in [-0.3, -0.25) is 4.79 Å². The fourth-order valence-corrected chi connectivity index (χ4v) is 2.10. The minimum absolute atomic E-state index is 0.128. The van der Waals surface area contributed by atoms with Crippen LogP contribution in [0.15, 0.2) is 0 Å². The first kappa shape index (κ1) is 10.5. The number of nitrogens with one attached hydrogen (secondary N) is 2. The van der Waals surface area contributed by atoms with Crippen LogP contribution < -0.4 is 10.6 Å². The smallest absolute Gasteiger partial charge is 0.234 e. The lowest BCUT2D eigenvalue weighted by Gasteiger charge is -2.38. The highest BCUT2D eigenvalue weighted by molar-refractivity contribution is 5.79. The zero-order valence-electron chi connectivity index (χ0n) is 8.65. The van der Waals surface area contributed by atoms with Crippen molar-refractivity contribution >= 4 is 5.91 Å². The summed E-state index contributed by atoms with van der Waals surface area (Å²) >= 11 is 0. The van der Waals surface area contributed by atoms with Crippen LogP contribution in [0, 0.1) is 0 Å². The third kappa shape index (κ3) is 2.69. The number of hydrogen-bond acceptors (Lipinski definition) is 2. The molecule has 1 rings (SSSR count). The third-order valence-corrected chi connectivity index (χ3v) is 2.70. The van der Waals surface area contributed by atoms with E-state index in [2.05, 4.69) is 24.5 Å². The predicted octanol–water partition coefficient (Wildman–Crippen LogP) is 1.04. The molecule has 0 aromatic heterocycles. The summed E-state index contributed by atoms with van der Waals surface area (Å²) in [7, 11) is 0. The second-order valence-electron chi connectivity index (χ2n) is 3.91. The number of rotatable bonds is 4. The number of amides is 1. The lowest BCUT2D eigenvalue weighted by Crippen LogP contribution is -2.61. The largest absolute Gasteiger partial charge is 0.353 e. The summed E-state index contributed by atoms with van der Waals surface area (Å²) in [6.45, 7) is 5.67. The van der Waals surface area contributed by atoms with Crippen molar-refractivity contribution in [3.05, 3.63) is 0 Å². The van der Waals surface area contributed by atoms with Gasteiger partial charge in [-0.05, 0) is 12.8 Å². The van der Waals surface area contributed by atoms with Gasteiger partial charge in [-0.15, -0.1) is 0 Å². The molecule has 3 heteroatoms. The van der Waals surface area contributed by atoms with Crippen molar-refractivity contribution in [2.75, 3.05) is 13.1 Å². The zero-order chi connectivity index (χ0) is 9.73. The topological polar surface area (TPSA) is 41.1 Å². The highest BCUT2D eigenvalue weighted by atomic mass is 16.2. The summed E-state index contributed by atoms with van der Waals surface area (Å²) in [6, 6.07) is 0. The van der Waals surface area contributed by atoms with E-state index in [-0.39, 0.29) is 11.4 Å². The molecular weight excluding hydrogens is 164 g/mol. The minimum atomic E-state index is 0.128. The minimum Gasteiger partial charge on any atom is -0.353 e. The van der Waals surface area contributed by atoms with Crippen LogP contribution in [0.1, 0.15) is 39.5 Å². The van der Waals surface area contributed by atoms with E-state index < -0.39 is 0 Å². The van der Waals surface area contributed by atoms with Gasteiger partial charge >= 0.3 is 0 Å². The molecule has 0 aliphatic carbocycles. The van der Waals surface area contributed by atoms with Crippen LogP contribution in [0.4, 0.5) is 0 Å². The molecule has 3 nitrogen and oxygen atoms in total. The van der Waals surface area contributed by atoms with E-state index in [4.69, 9.17) is 0 Å². The Labute approximate surface area is 80.3 Å². The number of carbonyl (C=O) groups excluding carboxylic acids is 1. The van der Waals surface area contributed by atoms with Gasteiger partial charge in [-0.25, -0.2) is 0 Å². The fourth-order valence-electron chi connectivity index (χ4n) is 2.10. The molecule has 76 valence electrons. The maximum atomic E-state index is 11.0. The van der Waals surface area contributed by atoms with E-state index in [1.807, 2.05) is 0 Å². The molecule has 1 aliphatic rings. The summed E-state index contributed by atoms with van der Waals surface area (Å²) in [5, 5.41) is 6.31. The molecule has 1 saturated heterocycles. The second kappa shape index (κ2) is 4.61. The maximum absolute atomic E-state index is 11.0. The van der Waals surface area contributed by atoms with Crippen molar-refractivity contribution < 1.29 is 4.79 Å². The molecule has 0 unspecified atom stereocenters. The van der Waals surface area contributed by atoms with Crippen molar-refractivity contribution in [1.82, 2.24) is 10.6 Å². The lowest BCUT2D eigenvalue weighted by atomic mass is 9.87. The van der Waals surface area contributed by atoms with Gasteiger partial charge in [0.2, 0.25) is 5.91 Å². The van der Waals surface area contributed by atoms with Crippen molar-refractivity contribution in [2.45, 2.75) is 45.1 Å². The number of piperazine rings is 1. The first-order valence-electron chi connectivity index (χ1n) is 5.24. The fraction of sp³-hybridized carbons (Fsp3) is 0.900. The van der Waals surface area contributed by atoms with Crippen LogP contribution in [0.2, 0.25) is 0 Å². The molecule has 1 fully saturated rings. The number of carbonyl (C=O) groups is 1. The molecule has 1 amide bonds. The van der Waals surface area contributed by atoms with Crippen LogP contribution >= 0.6 is 0 Å². The summed E-state index contributed by atoms with van der Waals surface area (Å²) in [5.41, 5.74) is 0.178. The highest BCUT2D eigenvalue weighted by Gasteiger charge is 2.31. The standard InChI is InChI=1S/C10H20N2O/c1-3-5-10(6-4-2)8-11-9(13)7-12-10/h12H,3-8H2,1-2H3,(H,11,13). The van der Waals surface area contributed by atoms with E-state index in [1.165, 1.54) is 12.8 Å². The second-order valence-corrected chi connectivity index (χ2v) is 3.91. The zero-order valence-corrected chi connectivity index (χ0v) is 8.65. The van der Waals surface area contributed by atoms with Crippen LogP contribution in [-0.4, -0.2) is 24.5 Å². The summed E-state index contributed by atoms with van der Waals surface area (Å²) < 4.78 is 0. The molecule has 1 heterocycles. The van der Waals surface area contributed by atoms with Gasteiger partial charge in [0.05, 0.1) is 6.54 Å². The Morgan fingerprint density at radius 2 is 1.92 bits per heavy atom. The molecule has 2 N–H and O–H groups in total. The summed E-state index contributed by atoms with van der Waals surface area (Å²) in [5.74, 6) is 0.128. The molecule has 1 aliphatic heterocycles. The van der Waals surface area contributed by atoms with Gasteiger partial charge in [0.1, 0.15) is 0 Å². The Bertz CT molecular complexity index is 162. The third-order valence-electron chi connectivity index (χ3n) is 2.70. The van der Waals surface area contributed by atoms with Gasteiger partial charge < -0.3 is 10.6 Å². The Morgan fingerprint density at radius 1 is 1.31 bits per heavy atom. The average Bonchev–Trinajstić information content (AvgIpc) is 2.11. The van der Waals surface area contributed by atoms with E-state index >= 15 is 0 Å². The number of hydrogen-bond donors (Lipinski definition) is 2. The van der Waals surface area contributed by atoms with Gasteiger partial charge in [-0.2, -0.15) is 0 Å². The van der Waals surface area contributed by atoms with Crippen molar-refractivity contribution in [2.24, 2.45) is 0 Å². The van der Waals surface area contributed by atoms with Gasteiger partial charge in [0, 0.05) is 12.1 Å². The first-order valence-corrected chi connectivity index (χ1v) is 5.24. The predicted molar refractivity (Wildman–Crippen MR) is 53.6 cm³/mol. The van der Waals surface area contributed by atoms with Gasteiger partial charge in [-0.1, -0.05) is 26.7 Å². The quantitative estimate of drug-likeness (QED) is 0.685. The van der Waals surface area contributed by atoms with Crippen LogP contribution in [-0.2, 0) is 4.79 Å². The Balaban J connectivity index is 2.51. The monoisotopic (exact) mass is 184 g/mol. The van der Waals surface area contributed by atoms with Crippen LogP contribution in [0.3, 0.4) is 0 Å². The van der Waals surface area contributed by atoms with E-state index in [0.29, 0.717) is 6.54 Å². The molecular formula is C10H20N2O. The van der Waals surface area contributed by atoms with Crippen molar-refractivity contribution in [3.63, 3.8) is 0 Å². The summed E-state index contributed by atoms with van der Waals surface area (Å²) in [4.78, 5) is 11.0. The molecule has 13 heavy (non-hydrogen) atoms. The molecule has 0 radical (unpaired) electrons. The van der Waals surface area contributed by atoms with Gasteiger partial charge in [0.25, 0.3) is 0 Å².